The SMILES string of the molecule is CC1=NC(C)C(C)=C2CC(NS(=O)(=O)C(F)F)CN12. The molecule has 0 aromatic rings. The number of aliphatic imine (C=N–C) groups is 1. The molecule has 0 saturated carbocycles. The number of amidine groups is 1. The molecule has 0 aromatic heterocycles. The van der Waals surface area contributed by atoms with Crippen molar-refractivity contribution in [2.24, 2.45) is 4.99 Å². The molecular formula is C11H17F2N3O2S. The van der Waals surface area contributed by atoms with Gasteiger partial charge in [-0.25, -0.2) is 13.1 Å². The van der Waals surface area contributed by atoms with Crippen LogP contribution in [0.5, 0.6) is 0 Å². The van der Waals surface area contributed by atoms with Gasteiger partial charge in [0.05, 0.1) is 6.04 Å². The van der Waals surface area contributed by atoms with Gasteiger partial charge < -0.3 is 4.90 Å². The number of halogens is 2. The number of fused-ring (bicyclic) bond motifs is 1. The van der Waals surface area contributed by atoms with Gasteiger partial charge in [-0.05, 0) is 26.3 Å². The Balaban J connectivity index is 2.18. The highest BCUT2D eigenvalue weighted by atomic mass is 32.2. The van der Waals surface area contributed by atoms with E-state index in [2.05, 4.69) is 9.71 Å². The summed E-state index contributed by atoms with van der Waals surface area (Å²) >= 11 is 0. The van der Waals surface area contributed by atoms with Crippen LogP contribution >= 0.6 is 0 Å². The Kier molecular flexibility index (Phi) is 3.65. The molecule has 5 nitrogen and oxygen atoms in total. The normalized spacial score (nSPS) is 27.9. The van der Waals surface area contributed by atoms with E-state index in [4.69, 9.17) is 0 Å². The van der Waals surface area contributed by atoms with Crippen LogP contribution in [-0.4, -0.2) is 43.5 Å². The summed E-state index contributed by atoms with van der Waals surface area (Å²) < 4.78 is 49.1. The molecule has 2 heterocycles. The average molecular weight is 293 g/mol. The van der Waals surface area contributed by atoms with E-state index in [-0.39, 0.29) is 6.04 Å². The van der Waals surface area contributed by atoms with Gasteiger partial charge in [0.25, 0.3) is 10.0 Å². The first kappa shape index (κ1) is 14.4. The maximum atomic E-state index is 12.4. The zero-order valence-electron chi connectivity index (χ0n) is 11.0. The fourth-order valence-electron chi connectivity index (χ4n) is 2.49. The van der Waals surface area contributed by atoms with E-state index in [0.29, 0.717) is 13.0 Å². The lowest BCUT2D eigenvalue weighted by atomic mass is 10.0. The molecular weight excluding hydrogens is 276 g/mol. The van der Waals surface area contributed by atoms with Crippen molar-refractivity contribution in [3.8, 4) is 0 Å². The highest BCUT2D eigenvalue weighted by Crippen LogP contribution is 2.31. The standard InChI is InChI=1S/C11H17F2N3O2S/c1-6-7(2)14-8(3)16-5-9(4-10(6)16)15-19(17,18)11(12)13/h7,9,11,15H,4-5H2,1-3H3. The van der Waals surface area contributed by atoms with Gasteiger partial charge in [-0.2, -0.15) is 8.78 Å². The van der Waals surface area contributed by atoms with Crippen LogP contribution in [0, 0.1) is 0 Å². The third-order valence-electron chi connectivity index (χ3n) is 3.59. The second-order valence-corrected chi connectivity index (χ2v) is 6.60. The van der Waals surface area contributed by atoms with Crippen molar-refractivity contribution < 1.29 is 17.2 Å². The van der Waals surface area contributed by atoms with Gasteiger partial charge >= 0.3 is 5.76 Å². The summed E-state index contributed by atoms with van der Waals surface area (Å²) in [5, 5.41) is 0. The number of rotatable bonds is 3. The summed E-state index contributed by atoms with van der Waals surface area (Å²) in [6.07, 6.45) is 0.426. The Hall–Kier alpha value is -1.02. The van der Waals surface area contributed by atoms with Crippen molar-refractivity contribution in [1.82, 2.24) is 9.62 Å². The Morgan fingerprint density at radius 1 is 1.42 bits per heavy atom. The molecule has 2 atom stereocenters. The molecule has 1 saturated heterocycles. The van der Waals surface area contributed by atoms with Gasteiger partial charge in [0.2, 0.25) is 0 Å². The van der Waals surface area contributed by atoms with E-state index >= 15 is 0 Å². The van der Waals surface area contributed by atoms with Crippen molar-refractivity contribution in [2.45, 2.75) is 45.0 Å². The lowest BCUT2D eigenvalue weighted by Crippen LogP contribution is -2.40. The van der Waals surface area contributed by atoms with Gasteiger partial charge in [-0.3, -0.25) is 4.99 Å². The minimum absolute atomic E-state index is 0.0525. The molecule has 8 heteroatoms. The molecule has 108 valence electrons. The zero-order chi connectivity index (χ0) is 14.4. The van der Waals surface area contributed by atoms with Crippen LogP contribution in [0.3, 0.4) is 0 Å². The third kappa shape index (κ3) is 2.64. The molecule has 2 rings (SSSR count). The lowest BCUT2D eigenvalue weighted by Gasteiger charge is -2.28. The van der Waals surface area contributed by atoms with Crippen molar-refractivity contribution in [2.75, 3.05) is 6.54 Å². The predicted octanol–water partition coefficient (Wildman–Crippen LogP) is 1.30. The van der Waals surface area contributed by atoms with Crippen molar-refractivity contribution >= 4 is 15.9 Å². The van der Waals surface area contributed by atoms with Gasteiger partial charge in [0.15, 0.2) is 0 Å². The van der Waals surface area contributed by atoms with Crippen LogP contribution < -0.4 is 4.72 Å². The minimum atomic E-state index is -4.55. The maximum Gasteiger partial charge on any atom is 0.350 e. The summed E-state index contributed by atoms with van der Waals surface area (Å²) in [6, 6.07) is -0.476. The van der Waals surface area contributed by atoms with Crippen molar-refractivity contribution in [1.29, 1.82) is 0 Å². The van der Waals surface area contributed by atoms with E-state index < -0.39 is 21.8 Å². The second kappa shape index (κ2) is 4.82. The van der Waals surface area contributed by atoms with Crippen LogP contribution in [0.2, 0.25) is 0 Å². The molecule has 2 aliphatic heterocycles. The van der Waals surface area contributed by atoms with Gasteiger partial charge in [0, 0.05) is 24.7 Å². The number of sulfonamides is 1. The first-order valence-electron chi connectivity index (χ1n) is 6.03. The summed E-state index contributed by atoms with van der Waals surface area (Å²) in [7, 11) is -4.55. The molecule has 0 amide bonds. The minimum Gasteiger partial charge on any atom is -0.332 e. The Bertz CT molecular complexity index is 542. The molecule has 0 aliphatic carbocycles. The molecule has 19 heavy (non-hydrogen) atoms. The fraction of sp³-hybridized carbons (Fsp3) is 0.727. The number of nitrogens with zero attached hydrogens (tertiary/aromatic N) is 2. The quantitative estimate of drug-likeness (QED) is 0.853. The predicted molar refractivity (Wildman–Crippen MR) is 68.4 cm³/mol. The molecule has 0 bridgehead atoms. The van der Waals surface area contributed by atoms with Crippen LogP contribution in [0.25, 0.3) is 0 Å². The first-order chi connectivity index (χ1) is 8.72. The first-order valence-corrected chi connectivity index (χ1v) is 7.58. The molecule has 2 unspecified atom stereocenters. The number of alkyl halides is 2. The lowest BCUT2D eigenvalue weighted by molar-refractivity contribution is 0.231. The maximum absolute atomic E-state index is 12.4. The second-order valence-electron chi connectivity index (χ2n) is 4.92. The highest BCUT2D eigenvalue weighted by Gasteiger charge is 2.37. The van der Waals surface area contributed by atoms with Crippen molar-refractivity contribution in [3.63, 3.8) is 0 Å². The summed E-state index contributed by atoms with van der Waals surface area (Å²) in [5.74, 6) is -2.60. The van der Waals surface area contributed by atoms with Gasteiger partial charge in [0.1, 0.15) is 5.84 Å². The zero-order valence-corrected chi connectivity index (χ0v) is 11.8. The summed E-state index contributed by atoms with van der Waals surface area (Å²) in [6.45, 7) is 6.08. The van der Waals surface area contributed by atoms with Crippen LogP contribution in [0.15, 0.2) is 16.3 Å². The van der Waals surface area contributed by atoms with Crippen LogP contribution in [-0.2, 0) is 10.0 Å². The molecule has 2 aliphatic rings. The Morgan fingerprint density at radius 2 is 2.05 bits per heavy atom. The third-order valence-corrected chi connectivity index (χ3v) is 4.72. The van der Waals surface area contributed by atoms with Crippen molar-refractivity contribution in [3.05, 3.63) is 11.3 Å². The fourth-order valence-corrected chi connectivity index (χ4v) is 3.22. The summed E-state index contributed by atoms with van der Waals surface area (Å²) in [5.41, 5.74) is 2.05. The summed E-state index contributed by atoms with van der Waals surface area (Å²) in [4.78, 5) is 6.33. The van der Waals surface area contributed by atoms with Gasteiger partial charge in [-0.1, -0.05) is 0 Å². The van der Waals surface area contributed by atoms with E-state index in [1.54, 1.807) is 0 Å². The largest absolute Gasteiger partial charge is 0.350 e. The molecule has 0 spiro atoms. The number of hydrogen-bond donors (Lipinski definition) is 1. The topological polar surface area (TPSA) is 61.8 Å². The molecule has 1 fully saturated rings. The Morgan fingerprint density at radius 3 is 2.63 bits per heavy atom. The number of hydrogen-bond acceptors (Lipinski definition) is 4. The van der Waals surface area contributed by atoms with E-state index in [1.165, 1.54) is 0 Å². The highest BCUT2D eigenvalue weighted by molar-refractivity contribution is 7.89. The van der Waals surface area contributed by atoms with Crippen LogP contribution in [0.1, 0.15) is 27.2 Å². The van der Waals surface area contributed by atoms with E-state index in [0.717, 1.165) is 17.1 Å². The average Bonchev–Trinajstić information content (AvgIpc) is 2.69. The smallest absolute Gasteiger partial charge is 0.332 e. The van der Waals surface area contributed by atoms with E-state index in [1.807, 2.05) is 25.7 Å². The Labute approximate surface area is 111 Å². The number of nitrogens with one attached hydrogen (secondary N) is 1. The molecule has 1 N–H and O–H groups in total. The van der Waals surface area contributed by atoms with E-state index in [9.17, 15) is 17.2 Å². The molecule has 0 radical (unpaired) electrons. The molecule has 0 aromatic carbocycles. The van der Waals surface area contributed by atoms with Crippen LogP contribution in [0.4, 0.5) is 8.78 Å². The van der Waals surface area contributed by atoms with Gasteiger partial charge in [-0.15, -0.1) is 0 Å². The monoisotopic (exact) mass is 293 g/mol.